The third kappa shape index (κ3) is 3.45. The van der Waals surface area contributed by atoms with Crippen molar-refractivity contribution >= 4 is 11.6 Å². The lowest BCUT2D eigenvalue weighted by molar-refractivity contribution is -0.116. The second-order valence-electron chi connectivity index (χ2n) is 5.56. The summed E-state index contributed by atoms with van der Waals surface area (Å²) in [6.07, 6.45) is 2.25. The zero-order chi connectivity index (χ0) is 17.1. The zero-order valence-electron chi connectivity index (χ0n) is 13.3. The third-order valence-corrected chi connectivity index (χ3v) is 3.83. The van der Waals surface area contributed by atoms with E-state index in [-0.39, 0.29) is 12.7 Å². The molecule has 0 saturated carbocycles. The van der Waals surface area contributed by atoms with E-state index in [0.29, 0.717) is 24.4 Å². The van der Waals surface area contributed by atoms with Crippen LogP contribution in [0.1, 0.15) is 12.0 Å². The Kier molecular flexibility index (Phi) is 4.04. The maximum atomic E-state index is 12.2. The molecule has 0 radical (unpaired) electrons. The van der Waals surface area contributed by atoms with Crippen LogP contribution in [0.2, 0.25) is 0 Å². The number of rotatable bonds is 5. The second kappa shape index (κ2) is 6.64. The molecule has 4 rings (SSSR count). The first-order valence-electron chi connectivity index (χ1n) is 7.83. The first-order chi connectivity index (χ1) is 12.3. The Labute approximate surface area is 143 Å². The van der Waals surface area contributed by atoms with Crippen LogP contribution in [-0.2, 0) is 11.2 Å². The molecule has 1 amide bonds. The van der Waals surface area contributed by atoms with Crippen LogP contribution >= 0.6 is 0 Å². The summed E-state index contributed by atoms with van der Waals surface area (Å²) < 4.78 is 15.8. The number of fused-ring (bicyclic) bond motifs is 1. The summed E-state index contributed by atoms with van der Waals surface area (Å²) in [7, 11) is 0. The Morgan fingerprint density at radius 3 is 2.92 bits per heavy atom. The average molecular weight is 337 g/mol. The van der Waals surface area contributed by atoms with Crippen LogP contribution in [0, 0.1) is 0 Å². The van der Waals surface area contributed by atoms with Gasteiger partial charge in [-0.3, -0.25) is 4.79 Å². The summed E-state index contributed by atoms with van der Waals surface area (Å²) in [6, 6.07) is 13.0. The lowest BCUT2D eigenvalue weighted by Crippen LogP contribution is -2.12. The number of anilines is 1. The summed E-state index contributed by atoms with van der Waals surface area (Å²) in [4.78, 5) is 12.2. The minimum absolute atomic E-state index is 0.0691. The molecule has 1 aliphatic rings. The third-order valence-electron chi connectivity index (χ3n) is 3.83. The molecule has 0 bridgehead atoms. The van der Waals surface area contributed by atoms with Crippen molar-refractivity contribution in [1.82, 2.24) is 10.2 Å². The molecular formula is C18H15N3O4. The number of carbonyl (C=O) groups excluding carboxylic acids is 1. The van der Waals surface area contributed by atoms with Crippen LogP contribution in [0.25, 0.3) is 11.5 Å². The Bertz CT molecular complexity index is 893. The maximum Gasteiger partial charge on any atom is 0.247 e. The van der Waals surface area contributed by atoms with Crippen molar-refractivity contribution in [1.29, 1.82) is 0 Å². The van der Waals surface area contributed by atoms with Crippen molar-refractivity contribution in [3.8, 4) is 23.0 Å². The SMILES string of the molecule is O=C(CCc1ccc2c(c1)OCO2)Nc1cccc(-c2nnco2)c1. The maximum absolute atomic E-state index is 12.2. The summed E-state index contributed by atoms with van der Waals surface area (Å²) in [5.74, 6) is 1.81. The first kappa shape index (κ1) is 15.2. The number of hydrogen-bond donors (Lipinski definition) is 1. The van der Waals surface area contributed by atoms with E-state index in [4.69, 9.17) is 13.9 Å². The molecule has 25 heavy (non-hydrogen) atoms. The van der Waals surface area contributed by atoms with E-state index in [1.807, 2.05) is 36.4 Å². The van der Waals surface area contributed by atoms with Gasteiger partial charge in [-0.1, -0.05) is 12.1 Å². The van der Waals surface area contributed by atoms with E-state index in [2.05, 4.69) is 15.5 Å². The van der Waals surface area contributed by atoms with Crippen molar-refractivity contribution in [2.24, 2.45) is 0 Å². The molecule has 1 aromatic heterocycles. The van der Waals surface area contributed by atoms with E-state index >= 15 is 0 Å². The predicted octanol–water partition coefficient (Wildman–Crippen LogP) is 3.04. The van der Waals surface area contributed by atoms with E-state index < -0.39 is 0 Å². The molecule has 0 saturated heterocycles. The second-order valence-corrected chi connectivity index (χ2v) is 5.56. The zero-order valence-corrected chi connectivity index (χ0v) is 13.3. The van der Waals surface area contributed by atoms with Crippen molar-refractivity contribution in [2.75, 3.05) is 12.1 Å². The summed E-state index contributed by atoms with van der Waals surface area (Å²) in [5.41, 5.74) is 2.47. The van der Waals surface area contributed by atoms with Gasteiger partial charge in [0.15, 0.2) is 11.5 Å². The number of nitrogens with one attached hydrogen (secondary N) is 1. The Morgan fingerprint density at radius 1 is 1.12 bits per heavy atom. The predicted molar refractivity (Wildman–Crippen MR) is 89.2 cm³/mol. The highest BCUT2D eigenvalue weighted by Gasteiger charge is 2.14. The lowest BCUT2D eigenvalue weighted by Gasteiger charge is -2.07. The number of nitrogens with zero attached hydrogens (tertiary/aromatic N) is 2. The van der Waals surface area contributed by atoms with Gasteiger partial charge in [0.2, 0.25) is 25.0 Å². The molecule has 7 heteroatoms. The van der Waals surface area contributed by atoms with Gasteiger partial charge >= 0.3 is 0 Å². The van der Waals surface area contributed by atoms with E-state index in [9.17, 15) is 4.79 Å². The molecule has 0 aliphatic carbocycles. The van der Waals surface area contributed by atoms with Crippen molar-refractivity contribution in [2.45, 2.75) is 12.8 Å². The van der Waals surface area contributed by atoms with Gasteiger partial charge in [-0.25, -0.2) is 0 Å². The molecule has 0 atom stereocenters. The molecule has 0 fully saturated rings. The molecule has 1 aliphatic heterocycles. The van der Waals surface area contributed by atoms with E-state index in [1.54, 1.807) is 6.07 Å². The fourth-order valence-electron chi connectivity index (χ4n) is 2.61. The number of hydrogen-bond acceptors (Lipinski definition) is 6. The van der Waals surface area contributed by atoms with Gasteiger partial charge in [-0.15, -0.1) is 10.2 Å². The molecule has 2 aromatic carbocycles. The molecule has 3 aromatic rings. The number of carbonyl (C=O) groups is 1. The fourth-order valence-corrected chi connectivity index (χ4v) is 2.61. The highest BCUT2D eigenvalue weighted by molar-refractivity contribution is 5.91. The standard InChI is InChI=1S/C18H15N3O4/c22-17(7-5-12-4-6-15-16(8-12)25-11-24-15)20-14-3-1-2-13(9-14)18-21-19-10-23-18/h1-4,6,8-10H,5,7,11H2,(H,20,22). The van der Waals surface area contributed by atoms with Crippen molar-refractivity contribution < 1.29 is 18.7 Å². The van der Waals surface area contributed by atoms with Crippen LogP contribution in [-0.4, -0.2) is 22.9 Å². The van der Waals surface area contributed by atoms with Gasteiger partial charge in [0.25, 0.3) is 0 Å². The minimum Gasteiger partial charge on any atom is -0.454 e. The molecule has 0 spiro atoms. The van der Waals surface area contributed by atoms with Gasteiger partial charge in [-0.2, -0.15) is 0 Å². The van der Waals surface area contributed by atoms with Crippen LogP contribution in [0.4, 0.5) is 5.69 Å². The number of ether oxygens (including phenoxy) is 2. The van der Waals surface area contributed by atoms with Gasteiger partial charge < -0.3 is 19.2 Å². The van der Waals surface area contributed by atoms with Crippen LogP contribution in [0.5, 0.6) is 11.5 Å². The quantitative estimate of drug-likeness (QED) is 0.770. The smallest absolute Gasteiger partial charge is 0.247 e. The Morgan fingerprint density at radius 2 is 2.04 bits per heavy atom. The van der Waals surface area contributed by atoms with Gasteiger partial charge in [-0.05, 0) is 42.3 Å². The number of aryl methyl sites for hydroxylation is 1. The van der Waals surface area contributed by atoms with Crippen LogP contribution in [0.3, 0.4) is 0 Å². The fraction of sp³-hybridized carbons (Fsp3) is 0.167. The first-order valence-corrected chi connectivity index (χ1v) is 7.83. The summed E-state index contributed by atoms with van der Waals surface area (Å²) >= 11 is 0. The topological polar surface area (TPSA) is 86.5 Å². The van der Waals surface area contributed by atoms with Gasteiger partial charge in [0.05, 0.1) is 0 Å². The molecule has 1 N–H and O–H groups in total. The van der Waals surface area contributed by atoms with E-state index in [1.165, 1.54) is 6.39 Å². The van der Waals surface area contributed by atoms with Crippen LogP contribution in [0.15, 0.2) is 53.3 Å². The molecule has 2 heterocycles. The van der Waals surface area contributed by atoms with Crippen molar-refractivity contribution in [3.05, 3.63) is 54.4 Å². The highest BCUT2D eigenvalue weighted by Crippen LogP contribution is 2.32. The van der Waals surface area contributed by atoms with Gasteiger partial charge in [0, 0.05) is 17.7 Å². The molecular weight excluding hydrogens is 322 g/mol. The monoisotopic (exact) mass is 337 g/mol. The van der Waals surface area contributed by atoms with Gasteiger partial charge in [0.1, 0.15) is 0 Å². The number of amides is 1. The normalized spacial score (nSPS) is 12.2. The minimum atomic E-state index is -0.0691. The molecule has 0 unspecified atom stereocenters. The lowest BCUT2D eigenvalue weighted by atomic mass is 10.1. The number of aromatic nitrogens is 2. The summed E-state index contributed by atoms with van der Waals surface area (Å²) in [6.45, 7) is 0.246. The van der Waals surface area contributed by atoms with Crippen LogP contribution < -0.4 is 14.8 Å². The Balaban J connectivity index is 1.37. The number of benzene rings is 2. The highest BCUT2D eigenvalue weighted by atomic mass is 16.7. The average Bonchev–Trinajstić information content (AvgIpc) is 3.31. The van der Waals surface area contributed by atoms with Crippen molar-refractivity contribution in [3.63, 3.8) is 0 Å². The molecule has 7 nitrogen and oxygen atoms in total. The largest absolute Gasteiger partial charge is 0.454 e. The Hall–Kier alpha value is -3.35. The van der Waals surface area contributed by atoms with E-state index in [0.717, 1.165) is 22.6 Å². The summed E-state index contributed by atoms with van der Waals surface area (Å²) in [5, 5.41) is 10.4. The molecule has 126 valence electrons.